The molecule has 0 saturated heterocycles. The summed E-state index contributed by atoms with van der Waals surface area (Å²) in [4.78, 5) is 8.74. The van der Waals surface area contributed by atoms with Crippen molar-refractivity contribution in [1.29, 1.82) is 0 Å². The molecular weight excluding hydrogens is 290 g/mol. The monoisotopic (exact) mass is 315 g/mol. The van der Waals surface area contributed by atoms with Crippen LogP contribution >= 0.6 is 11.3 Å². The van der Waals surface area contributed by atoms with Gasteiger partial charge >= 0.3 is 0 Å². The topological polar surface area (TPSA) is 28.2 Å². The molecule has 1 N–H and O–H groups in total. The number of hydrogen-bond acceptors (Lipinski definition) is 4. The van der Waals surface area contributed by atoms with Crippen molar-refractivity contribution in [3.8, 4) is 0 Å². The van der Waals surface area contributed by atoms with Gasteiger partial charge in [-0.2, -0.15) is 0 Å². The summed E-state index contributed by atoms with van der Waals surface area (Å²) in [5, 5.41) is 5.48. The van der Waals surface area contributed by atoms with E-state index in [1.54, 1.807) is 0 Å². The maximum absolute atomic E-state index is 4.72. The zero-order chi connectivity index (χ0) is 15.5. The Bertz CT molecular complexity index is 607. The van der Waals surface area contributed by atoms with E-state index in [0.717, 1.165) is 25.9 Å². The average Bonchev–Trinajstić information content (AvgIpc) is 3.17. The number of anilines is 1. The van der Waals surface area contributed by atoms with Crippen LogP contribution in [-0.2, 0) is 6.42 Å². The fourth-order valence-electron chi connectivity index (χ4n) is 3.14. The molecule has 0 fully saturated rings. The molecule has 2 aromatic heterocycles. The van der Waals surface area contributed by atoms with Crippen molar-refractivity contribution in [3.63, 3.8) is 0 Å². The van der Waals surface area contributed by atoms with Crippen molar-refractivity contribution in [1.82, 2.24) is 10.3 Å². The van der Waals surface area contributed by atoms with E-state index >= 15 is 0 Å². The number of nitrogens with zero attached hydrogens (tertiary/aromatic N) is 2. The minimum atomic E-state index is 0.456. The molecule has 0 bridgehead atoms. The van der Waals surface area contributed by atoms with Crippen LogP contribution in [0.25, 0.3) is 0 Å². The molecule has 22 heavy (non-hydrogen) atoms. The van der Waals surface area contributed by atoms with Crippen molar-refractivity contribution in [2.24, 2.45) is 0 Å². The molecule has 1 unspecified atom stereocenters. The van der Waals surface area contributed by atoms with Gasteiger partial charge in [0, 0.05) is 24.0 Å². The molecule has 118 valence electrons. The Morgan fingerprint density at radius 1 is 1.41 bits per heavy atom. The average molecular weight is 315 g/mol. The summed E-state index contributed by atoms with van der Waals surface area (Å²) < 4.78 is 0. The Hall–Kier alpha value is -1.39. The predicted octanol–water partition coefficient (Wildman–Crippen LogP) is 3.98. The van der Waals surface area contributed by atoms with Crippen molar-refractivity contribution in [2.45, 2.75) is 38.6 Å². The highest BCUT2D eigenvalue weighted by Crippen LogP contribution is 2.38. The Morgan fingerprint density at radius 2 is 2.27 bits per heavy atom. The zero-order valence-electron chi connectivity index (χ0n) is 13.7. The molecule has 0 spiro atoms. The Kier molecular flexibility index (Phi) is 4.79. The van der Waals surface area contributed by atoms with Gasteiger partial charge in [-0.25, -0.2) is 0 Å². The molecule has 3 nitrogen and oxygen atoms in total. The van der Waals surface area contributed by atoms with E-state index in [0.29, 0.717) is 12.0 Å². The van der Waals surface area contributed by atoms with Crippen LogP contribution in [0.15, 0.2) is 29.8 Å². The molecular formula is C18H25N3S. The molecule has 3 heterocycles. The molecule has 1 atom stereocenters. The normalized spacial score (nSPS) is 15.4. The highest BCUT2D eigenvalue weighted by Gasteiger charge is 2.28. The lowest BCUT2D eigenvalue weighted by molar-refractivity contribution is 0.576. The van der Waals surface area contributed by atoms with Crippen molar-refractivity contribution in [3.05, 3.63) is 45.9 Å². The molecule has 3 rings (SSSR count). The molecule has 1 aliphatic rings. The van der Waals surface area contributed by atoms with Gasteiger partial charge in [-0.05, 0) is 49.0 Å². The Balaban J connectivity index is 1.93. The first-order valence-electron chi connectivity index (χ1n) is 8.14. The van der Waals surface area contributed by atoms with Gasteiger partial charge in [-0.1, -0.05) is 19.9 Å². The molecule has 0 saturated carbocycles. The summed E-state index contributed by atoms with van der Waals surface area (Å²) >= 11 is 1.86. The minimum absolute atomic E-state index is 0.456. The first kappa shape index (κ1) is 15.5. The van der Waals surface area contributed by atoms with Crippen LogP contribution in [0.4, 0.5) is 5.69 Å². The van der Waals surface area contributed by atoms with Gasteiger partial charge in [0.1, 0.15) is 0 Å². The Morgan fingerprint density at radius 3 is 2.95 bits per heavy atom. The van der Waals surface area contributed by atoms with E-state index in [1.807, 2.05) is 18.4 Å². The van der Waals surface area contributed by atoms with Crippen LogP contribution in [0.3, 0.4) is 0 Å². The van der Waals surface area contributed by atoms with E-state index in [-0.39, 0.29) is 0 Å². The Labute approximate surface area is 137 Å². The van der Waals surface area contributed by atoms with Gasteiger partial charge in [0.15, 0.2) is 0 Å². The van der Waals surface area contributed by atoms with Gasteiger partial charge in [-0.3, -0.25) is 4.98 Å². The standard InChI is InChI=1S/C18H25N3S/c1-13(2)14-11-17-15(20-12-14)7-9-21(17)16(6-8-19-3)18-5-4-10-22-18/h4-5,10-13,16,19H,6-9H2,1-3H3. The number of hydrogen-bond donors (Lipinski definition) is 1. The quantitative estimate of drug-likeness (QED) is 0.874. The van der Waals surface area contributed by atoms with E-state index in [2.05, 4.69) is 53.8 Å². The fourth-order valence-corrected chi connectivity index (χ4v) is 4.01. The van der Waals surface area contributed by atoms with Crippen LogP contribution in [-0.4, -0.2) is 25.1 Å². The van der Waals surface area contributed by atoms with Crippen LogP contribution in [0, 0.1) is 0 Å². The van der Waals surface area contributed by atoms with E-state index in [9.17, 15) is 0 Å². The summed E-state index contributed by atoms with van der Waals surface area (Å²) in [6.07, 6.45) is 4.25. The summed E-state index contributed by atoms with van der Waals surface area (Å²) in [6.45, 7) is 6.59. The smallest absolute Gasteiger partial charge is 0.0654 e. The van der Waals surface area contributed by atoms with E-state index < -0.39 is 0 Å². The number of nitrogens with one attached hydrogen (secondary N) is 1. The van der Waals surface area contributed by atoms with E-state index in [1.165, 1.54) is 21.8 Å². The molecule has 0 amide bonds. The lowest BCUT2D eigenvalue weighted by Gasteiger charge is -2.30. The van der Waals surface area contributed by atoms with E-state index in [4.69, 9.17) is 4.98 Å². The van der Waals surface area contributed by atoms with Crippen LogP contribution < -0.4 is 10.2 Å². The lowest BCUT2D eigenvalue weighted by Crippen LogP contribution is -2.28. The number of rotatable bonds is 6. The van der Waals surface area contributed by atoms with Crippen LogP contribution in [0.2, 0.25) is 0 Å². The maximum atomic E-state index is 4.72. The highest BCUT2D eigenvalue weighted by molar-refractivity contribution is 7.10. The summed E-state index contributed by atoms with van der Waals surface area (Å²) in [5.41, 5.74) is 3.94. The van der Waals surface area contributed by atoms with Gasteiger partial charge in [0.05, 0.1) is 17.4 Å². The van der Waals surface area contributed by atoms with Crippen LogP contribution in [0.5, 0.6) is 0 Å². The SMILES string of the molecule is CNCCC(c1cccs1)N1CCc2ncc(C(C)C)cc21. The van der Waals surface area contributed by atoms with Crippen molar-refractivity contribution >= 4 is 17.0 Å². The maximum Gasteiger partial charge on any atom is 0.0654 e. The first-order valence-corrected chi connectivity index (χ1v) is 9.02. The molecule has 2 aromatic rings. The second-order valence-corrected chi connectivity index (χ2v) is 7.24. The first-order chi connectivity index (χ1) is 10.7. The third-order valence-electron chi connectivity index (χ3n) is 4.45. The zero-order valence-corrected chi connectivity index (χ0v) is 14.5. The molecule has 0 aliphatic carbocycles. The van der Waals surface area contributed by atoms with Crippen LogP contribution in [0.1, 0.15) is 48.4 Å². The number of pyridine rings is 1. The third kappa shape index (κ3) is 3.03. The molecule has 4 heteroatoms. The number of aromatic nitrogens is 1. The largest absolute Gasteiger partial charge is 0.362 e. The summed E-state index contributed by atoms with van der Waals surface area (Å²) in [5.74, 6) is 0.526. The third-order valence-corrected chi connectivity index (χ3v) is 5.42. The number of thiophene rings is 1. The van der Waals surface area contributed by atoms with Gasteiger partial charge in [0.2, 0.25) is 0 Å². The van der Waals surface area contributed by atoms with Gasteiger partial charge in [-0.15, -0.1) is 11.3 Å². The molecule has 1 aliphatic heterocycles. The lowest BCUT2D eigenvalue weighted by atomic mass is 10.0. The predicted molar refractivity (Wildman–Crippen MR) is 95.0 cm³/mol. The second-order valence-electron chi connectivity index (χ2n) is 6.26. The second kappa shape index (κ2) is 6.80. The van der Waals surface area contributed by atoms with Crippen molar-refractivity contribution < 1.29 is 0 Å². The fraction of sp³-hybridized carbons (Fsp3) is 0.500. The minimum Gasteiger partial charge on any atom is -0.362 e. The van der Waals surface area contributed by atoms with Crippen molar-refractivity contribution in [2.75, 3.05) is 25.0 Å². The van der Waals surface area contributed by atoms with Gasteiger partial charge < -0.3 is 10.2 Å². The highest BCUT2D eigenvalue weighted by atomic mass is 32.1. The number of fused-ring (bicyclic) bond motifs is 1. The van der Waals surface area contributed by atoms with Gasteiger partial charge in [0.25, 0.3) is 0 Å². The molecule has 0 aromatic carbocycles. The molecule has 0 radical (unpaired) electrons. The summed E-state index contributed by atoms with van der Waals surface area (Å²) in [6, 6.07) is 7.24. The summed E-state index contributed by atoms with van der Waals surface area (Å²) in [7, 11) is 2.03.